The van der Waals surface area contributed by atoms with Gasteiger partial charge >= 0.3 is 0 Å². The van der Waals surface area contributed by atoms with Crippen molar-refractivity contribution < 1.29 is 9.53 Å². The van der Waals surface area contributed by atoms with E-state index in [1.165, 1.54) is 0 Å². The molecule has 0 bridgehead atoms. The van der Waals surface area contributed by atoms with Crippen LogP contribution in [0.2, 0.25) is 0 Å². The molecule has 0 aliphatic heterocycles. The van der Waals surface area contributed by atoms with Crippen LogP contribution in [-0.2, 0) is 12.4 Å². The fourth-order valence-corrected chi connectivity index (χ4v) is 4.77. The lowest BCUT2D eigenvalue weighted by Gasteiger charge is -2.11. The number of aryl methyl sites for hydroxylation is 1. The minimum absolute atomic E-state index is 0.143. The van der Waals surface area contributed by atoms with Crippen molar-refractivity contribution in [2.24, 2.45) is 0 Å². The van der Waals surface area contributed by atoms with Gasteiger partial charge in [0.25, 0.3) is 5.91 Å². The molecule has 4 rings (SSSR count). The monoisotopic (exact) mass is 447 g/mol. The lowest BCUT2D eigenvalue weighted by Crippen LogP contribution is -2.14. The van der Waals surface area contributed by atoms with E-state index in [1.807, 2.05) is 73.0 Å². The molecule has 1 amide bonds. The summed E-state index contributed by atoms with van der Waals surface area (Å²) in [6.45, 7) is 2.40. The largest absolute Gasteiger partial charge is 0.489 e. The summed E-state index contributed by atoms with van der Waals surface area (Å²) in [5, 5.41) is 5.02. The maximum absolute atomic E-state index is 13.0. The molecular formula is C24H21N3O2S2. The van der Waals surface area contributed by atoms with Crippen LogP contribution in [0, 0.1) is 6.92 Å². The van der Waals surface area contributed by atoms with Gasteiger partial charge < -0.3 is 10.1 Å². The van der Waals surface area contributed by atoms with Gasteiger partial charge in [-0.25, -0.2) is 4.98 Å². The number of hydrogen-bond donors (Lipinski definition) is 1. The third-order valence-electron chi connectivity index (χ3n) is 4.43. The molecule has 156 valence electrons. The highest BCUT2D eigenvalue weighted by molar-refractivity contribution is 8.00. The standard InChI is InChI=1S/C24H21N3O2S2/c1-17-15-30-24(26-17)31-16-19-7-2-3-10-22(19)23(28)27-20-8-4-9-21(12-20)29-14-18-6-5-11-25-13-18/h2-13,15H,14,16H2,1H3,(H,27,28). The van der Waals surface area contributed by atoms with Gasteiger partial charge in [-0.1, -0.05) is 42.1 Å². The van der Waals surface area contributed by atoms with Gasteiger partial charge in [0.05, 0.1) is 0 Å². The molecule has 1 N–H and O–H groups in total. The summed E-state index contributed by atoms with van der Waals surface area (Å²) >= 11 is 3.27. The van der Waals surface area contributed by atoms with Crippen molar-refractivity contribution in [3.8, 4) is 5.75 Å². The summed E-state index contributed by atoms with van der Waals surface area (Å²) in [5.74, 6) is 1.23. The van der Waals surface area contributed by atoms with E-state index in [2.05, 4.69) is 15.3 Å². The van der Waals surface area contributed by atoms with Crippen molar-refractivity contribution in [1.29, 1.82) is 0 Å². The average Bonchev–Trinajstić information content (AvgIpc) is 3.22. The summed E-state index contributed by atoms with van der Waals surface area (Å²) in [7, 11) is 0. The molecule has 2 aromatic carbocycles. The summed E-state index contributed by atoms with van der Waals surface area (Å²) < 4.78 is 6.84. The molecule has 31 heavy (non-hydrogen) atoms. The Morgan fingerprint density at radius 2 is 2.03 bits per heavy atom. The summed E-state index contributed by atoms with van der Waals surface area (Å²) in [6.07, 6.45) is 3.50. The zero-order valence-corrected chi connectivity index (χ0v) is 18.6. The highest BCUT2D eigenvalue weighted by atomic mass is 32.2. The first kappa shape index (κ1) is 21.1. The second-order valence-corrected chi connectivity index (χ2v) is 8.91. The first-order valence-electron chi connectivity index (χ1n) is 9.73. The molecular weight excluding hydrogens is 426 g/mol. The molecule has 0 radical (unpaired) electrons. The number of rotatable bonds is 8. The number of anilines is 1. The number of pyridine rings is 1. The molecule has 0 aliphatic carbocycles. The molecule has 4 aromatic rings. The Balaban J connectivity index is 1.41. The normalized spacial score (nSPS) is 10.6. The number of aromatic nitrogens is 2. The molecule has 0 saturated heterocycles. The number of thioether (sulfide) groups is 1. The Labute approximate surface area is 189 Å². The van der Waals surface area contributed by atoms with Gasteiger partial charge in [0.1, 0.15) is 16.7 Å². The molecule has 0 fully saturated rings. The van der Waals surface area contributed by atoms with E-state index in [4.69, 9.17) is 4.74 Å². The minimum atomic E-state index is -0.143. The predicted molar refractivity (Wildman–Crippen MR) is 126 cm³/mol. The summed E-state index contributed by atoms with van der Waals surface area (Å²) in [5.41, 5.74) is 4.32. The zero-order valence-electron chi connectivity index (χ0n) is 16.9. The summed E-state index contributed by atoms with van der Waals surface area (Å²) in [4.78, 5) is 21.5. The van der Waals surface area contributed by atoms with Crippen LogP contribution in [0.15, 0.2) is 82.8 Å². The van der Waals surface area contributed by atoms with Crippen molar-refractivity contribution in [2.75, 3.05) is 5.32 Å². The third kappa shape index (κ3) is 5.93. The van der Waals surface area contributed by atoms with Crippen LogP contribution in [0.3, 0.4) is 0 Å². The number of hydrogen-bond acceptors (Lipinski definition) is 6. The smallest absolute Gasteiger partial charge is 0.255 e. The van der Waals surface area contributed by atoms with Gasteiger partial charge in [0, 0.05) is 52.1 Å². The predicted octanol–water partition coefficient (Wildman–Crippen LogP) is 5.97. The van der Waals surface area contributed by atoms with Crippen molar-refractivity contribution in [3.05, 3.63) is 101 Å². The van der Waals surface area contributed by atoms with Crippen LogP contribution >= 0.6 is 23.1 Å². The summed E-state index contributed by atoms with van der Waals surface area (Å²) in [6, 6.07) is 18.9. The number of carbonyl (C=O) groups is 1. The lowest BCUT2D eigenvalue weighted by atomic mass is 10.1. The number of carbonyl (C=O) groups excluding carboxylic acids is 1. The Morgan fingerprint density at radius 1 is 1.13 bits per heavy atom. The SMILES string of the molecule is Cc1csc(SCc2ccccc2C(=O)Nc2cccc(OCc3cccnc3)c2)n1. The molecule has 0 unspecified atom stereocenters. The van der Waals surface area contributed by atoms with Crippen molar-refractivity contribution in [2.45, 2.75) is 23.6 Å². The maximum atomic E-state index is 13.0. The highest BCUT2D eigenvalue weighted by Crippen LogP contribution is 2.28. The van der Waals surface area contributed by atoms with Crippen LogP contribution in [0.1, 0.15) is 27.2 Å². The Bertz CT molecular complexity index is 1160. The van der Waals surface area contributed by atoms with Gasteiger partial charge in [-0.05, 0) is 36.8 Å². The Hall–Kier alpha value is -3.16. The molecule has 0 aliphatic rings. The van der Waals surface area contributed by atoms with Crippen LogP contribution in [-0.4, -0.2) is 15.9 Å². The molecule has 0 saturated carbocycles. The molecule has 0 spiro atoms. The minimum Gasteiger partial charge on any atom is -0.489 e. The molecule has 7 heteroatoms. The van der Waals surface area contributed by atoms with E-state index in [1.54, 1.807) is 35.5 Å². The van der Waals surface area contributed by atoms with Gasteiger partial charge in [-0.3, -0.25) is 9.78 Å². The van der Waals surface area contributed by atoms with Gasteiger partial charge in [-0.2, -0.15) is 0 Å². The van der Waals surface area contributed by atoms with E-state index < -0.39 is 0 Å². The quantitative estimate of drug-likeness (QED) is 0.337. The van der Waals surface area contributed by atoms with E-state index in [0.717, 1.165) is 21.2 Å². The van der Waals surface area contributed by atoms with Crippen LogP contribution in [0.5, 0.6) is 5.75 Å². The van der Waals surface area contributed by atoms with Crippen LogP contribution < -0.4 is 10.1 Å². The van der Waals surface area contributed by atoms with E-state index in [-0.39, 0.29) is 5.91 Å². The van der Waals surface area contributed by atoms with E-state index >= 15 is 0 Å². The Morgan fingerprint density at radius 3 is 2.84 bits per heavy atom. The molecule has 2 heterocycles. The topological polar surface area (TPSA) is 64.1 Å². The lowest BCUT2D eigenvalue weighted by molar-refractivity contribution is 0.102. The van der Waals surface area contributed by atoms with Crippen molar-refractivity contribution >= 4 is 34.7 Å². The second kappa shape index (κ2) is 10.2. The first-order valence-corrected chi connectivity index (χ1v) is 11.6. The maximum Gasteiger partial charge on any atom is 0.255 e. The molecule has 0 atom stereocenters. The van der Waals surface area contributed by atoms with Crippen molar-refractivity contribution in [3.63, 3.8) is 0 Å². The zero-order chi connectivity index (χ0) is 21.5. The third-order valence-corrected chi connectivity index (χ3v) is 6.62. The van der Waals surface area contributed by atoms with E-state index in [0.29, 0.717) is 29.4 Å². The average molecular weight is 448 g/mol. The number of nitrogens with zero attached hydrogens (tertiary/aromatic N) is 2. The fourth-order valence-electron chi connectivity index (χ4n) is 2.92. The number of ether oxygens (including phenoxy) is 1. The van der Waals surface area contributed by atoms with Gasteiger partial charge in [0.2, 0.25) is 0 Å². The van der Waals surface area contributed by atoms with Crippen LogP contribution in [0.4, 0.5) is 5.69 Å². The first-order chi connectivity index (χ1) is 15.2. The van der Waals surface area contributed by atoms with E-state index in [9.17, 15) is 4.79 Å². The number of thiazole rings is 1. The highest BCUT2D eigenvalue weighted by Gasteiger charge is 2.13. The van der Waals surface area contributed by atoms with Gasteiger partial charge in [-0.15, -0.1) is 11.3 Å². The fraction of sp³-hybridized carbons (Fsp3) is 0.125. The number of benzene rings is 2. The molecule has 5 nitrogen and oxygen atoms in total. The Kier molecular flexibility index (Phi) is 6.96. The van der Waals surface area contributed by atoms with Gasteiger partial charge in [0.15, 0.2) is 0 Å². The van der Waals surface area contributed by atoms with Crippen molar-refractivity contribution in [1.82, 2.24) is 9.97 Å². The van der Waals surface area contributed by atoms with Crippen LogP contribution in [0.25, 0.3) is 0 Å². The molecule has 2 aromatic heterocycles. The number of amides is 1. The number of nitrogens with one attached hydrogen (secondary N) is 1. The second-order valence-electron chi connectivity index (χ2n) is 6.83.